The molecule has 0 aliphatic rings. The van der Waals surface area contributed by atoms with Crippen molar-refractivity contribution in [3.8, 4) is 0 Å². The minimum atomic E-state index is -4.30. The van der Waals surface area contributed by atoms with Crippen LogP contribution in [0.25, 0.3) is 5.65 Å². The number of imidazole rings is 1. The number of carbonyl (C=O) groups excluding carboxylic acids is 1. The zero-order valence-corrected chi connectivity index (χ0v) is 13.2. The number of hydrogen-bond acceptors (Lipinski definition) is 3. The number of rotatable bonds is 6. The molecule has 126 valence electrons. The van der Waals surface area contributed by atoms with Gasteiger partial charge < -0.3 is 5.32 Å². The van der Waals surface area contributed by atoms with E-state index in [1.165, 1.54) is 4.52 Å². The smallest absolute Gasteiger partial charge is 0.350 e. The Morgan fingerprint density at radius 2 is 2.09 bits per heavy atom. The normalized spacial score (nSPS) is 14.0. The van der Waals surface area contributed by atoms with Crippen molar-refractivity contribution < 1.29 is 18.0 Å². The Morgan fingerprint density at radius 1 is 1.39 bits per heavy atom. The fourth-order valence-corrected chi connectivity index (χ4v) is 2.20. The maximum absolute atomic E-state index is 13.0. The molecule has 2 rings (SSSR count). The van der Waals surface area contributed by atoms with Gasteiger partial charge in [0.25, 0.3) is 0 Å². The van der Waals surface area contributed by atoms with Crippen molar-refractivity contribution in [2.24, 2.45) is 5.41 Å². The van der Waals surface area contributed by atoms with Gasteiger partial charge in [-0.3, -0.25) is 4.79 Å². The standard InChI is InChI=1S/C15H19F3N4O/c1-10-6-13-21-12(8-22(13)20-7-10)11(19-9-23)4-5-14(2,3)15(16,17)18/h6-9,11H,4-5H2,1-3H3,(H,19,23). The molecule has 8 heteroatoms. The number of halogens is 3. The van der Waals surface area contributed by atoms with E-state index in [9.17, 15) is 18.0 Å². The second kappa shape index (κ2) is 6.17. The number of aromatic nitrogens is 3. The van der Waals surface area contributed by atoms with Crippen LogP contribution in [0.5, 0.6) is 0 Å². The van der Waals surface area contributed by atoms with Crippen molar-refractivity contribution in [1.29, 1.82) is 0 Å². The lowest BCUT2D eigenvalue weighted by Gasteiger charge is -2.29. The summed E-state index contributed by atoms with van der Waals surface area (Å²) in [6.45, 7) is 4.17. The molecule has 1 atom stereocenters. The number of nitrogens with one attached hydrogen (secondary N) is 1. The average Bonchev–Trinajstić information content (AvgIpc) is 2.84. The van der Waals surface area contributed by atoms with Crippen molar-refractivity contribution >= 4 is 12.1 Å². The third kappa shape index (κ3) is 3.80. The Morgan fingerprint density at radius 3 is 2.70 bits per heavy atom. The van der Waals surface area contributed by atoms with Crippen molar-refractivity contribution in [1.82, 2.24) is 19.9 Å². The van der Waals surface area contributed by atoms with Gasteiger partial charge in [0.1, 0.15) is 0 Å². The monoisotopic (exact) mass is 328 g/mol. The molecule has 0 spiro atoms. The van der Waals surface area contributed by atoms with Gasteiger partial charge in [-0.2, -0.15) is 18.3 Å². The Bertz CT molecular complexity index is 694. The quantitative estimate of drug-likeness (QED) is 0.829. The van der Waals surface area contributed by atoms with E-state index in [1.54, 1.807) is 12.4 Å². The van der Waals surface area contributed by atoms with E-state index < -0.39 is 17.6 Å². The Balaban J connectivity index is 2.21. The van der Waals surface area contributed by atoms with Crippen LogP contribution < -0.4 is 5.32 Å². The fourth-order valence-electron chi connectivity index (χ4n) is 2.20. The molecule has 0 bridgehead atoms. The van der Waals surface area contributed by atoms with Gasteiger partial charge in [-0.25, -0.2) is 9.50 Å². The first-order valence-electron chi connectivity index (χ1n) is 7.22. The molecule has 2 heterocycles. The number of carbonyl (C=O) groups is 1. The van der Waals surface area contributed by atoms with E-state index >= 15 is 0 Å². The van der Waals surface area contributed by atoms with Crippen LogP contribution in [0.4, 0.5) is 13.2 Å². The average molecular weight is 328 g/mol. The molecular weight excluding hydrogens is 309 g/mol. The van der Waals surface area contributed by atoms with Gasteiger partial charge in [-0.15, -0.1) is 0 Å². The van der Waals surface area contributed by atoms with Gasteiger partial charge in [0.15, 0.2) is 5.65 Å². The highest BCUT2D eigenvalue weighted by atomic mass is 19.4. The lowest BCUT2D eigenvalue weighted by molar-refractivity contribution is -0.214. The van der Waals surface area contributed by atoms with Gasteiger partial charge in [0, 0.05) is 0 Å². The molecule has 0 saturated heterocycles. The zero-order chi connectivity index (χ0) is 17.3. The van der Waals surface area contributed by atoms with Crippen molar-refractivity contribution in [2.75, 3.05) is 0 Å². The van der Waals surface area contributed by atoms with Crippen molar-refractivity contribution in [3.05, 3.63) is 29.7 Å². The van der Waals surface area contributed by atoms with Gasteiger partial charge in [-0.05, 0) is 31.4 Å². The summed E-state index contributed by atoms with van der Waals surface area (Å²) in [4.78, 5) is 15.1. The summed E-state index contributed by atoms with van der Waals surface area (Å²) in [6.07, 6.45) is -0.523. The molecular formula is C15H19F3N4O. The SMILES string of the molecule is Cc1cnn2cc(C(CCC(C)(C)C(F)(F)F)NC=O)nc2c1. The molecule has 2 aromatic rings. The number of alkyl halides is 3. The Hall–Kier alpha value is -2.12. The maximum Gasteiger partial charge on any atom is 0.393 e. The summed E-state index contributed by atoms with van der Waals surface area (Å²) in [7, 11) is 0. The van der Waals surface area contributed by atoms with Crippen LogP contribution >= 0.6 is 0 Å². The highest BCUT2D eigenvalue weighted by Gasteiger charge is 2.46. The van der Waals surface area contributed by atoms with E-state index in [4.69, 9.17) is 0 Å². The third-order valence-electron chi connectivity index (χ3n) is 3.93. The number of nitrogens with zero attached hydrogens (tertiary/aromatic N) is 3. The van der Waals surface area contributed by atoms with Crippen LogP contribution in [-0.4, -0.2) is 27.2 Å². The number of hydrogen-bond donors (Lipinski definition) is 1. The van der Waals surface area contributed by atoms with Gasteiger partial charge in [0.2, 0.25) is 6.41 Å². The Kier molecular flexibility index (Phi) is 4.63. The second-order valence-electron chi connectivity index (χ2n) is 6.26. The second-order valence-corrected chi connectivity index (χ2v) is 6.26. The molecule has 1 N–H and O–H groups in total. The van der Waals surface area contributed by atoms with E-state index in [-0.39, 0.29) is 12.8 Å². The summed E-state index contributed by atoms with van der Waals surface area (Å²) < 4.78 is 40.4. The topological polar surface area (TPSA) is 59.3 Å². The first kappa shape index (κ1) is 17.2. The van der Waals surface area contributed by atoms with Crippen LogP contribution in [0.2, 0.25) is 0 Å². The molecule has 0 aromatic carbocycles. The molecule has 1 amide bonds. The van der Waals surface area contributed by atoms with E-state index in [0.717, 1.165) is 19.4 Å². The highest BCUT2D eigenvalue weighted by Crippen LogP contribution is 2.42. The first-order chi connectivity index (χ1) is 10.6. The van der Waals surface area contributed by atoms with Crippen LogP contribution in [-0.2, 0) is 4.79 Å². The van der Waals surface area contributed by atoms with E-state index in [1.807, 2.05) is 13.0 Å². The van der Waals surface area contributed by atoms with E-state index in [2.05, 4.69) is 15.4 Å². The van der Waals surface area contributed by atoms with Gasteiger partial charge in [0.05, 0.1) is 29.5 Å². The number of fused-ring (bicyclic) bond motifs is 1. The summed E-state index contributed by atoms with van der Waals surface area (Å²) in [5, 5.41) is 6.70. The lowest BCUT2D eigenvalue weighted by Crippen LogP contribution is -2.33. The van der Waals surface area contributed by atoms with Gasteiger partial charge >= 0.3 is 6.18 Å². The van der Waals surface area contributed by atoms with Crippen molar-refractivity contribution in [3.63, 3.8) is 0 Å². The number of amides is 1. The molecule has 23 heavy (non-hydrogen) atoms. The maximum atomic E-state index is 13.0. The highest BCUT2D eigenvalue weighted by molar-refractivity contribution is 5.48. The zero-order valence-electron chi connectivity index (χ0n) is 13.2. The van der Waals surface area contributed by atoms with E-state index in [0.29, 0.717) is 17.8 Å². The fraction of sp³-hybridized carbons (Fsp3) is 0.533. The minimum Gasteiger partial charge on any atom is -0.350 e. The lowest BCUT2D eigenvalue weighted by atomic mass is 9.85. The van der Waals surface area contributed by atoms with Crippen LogP contribution in [0, 0.1) is 12.3 Å². The summed E-state index contributed by atoms with van der Waals surface area (Å²) in [6, 6.07) is 1.23. The van der Waals surface area contributed by atoms with Crippen molar-refractivity contribution in [2.45, 2.75) is 45.8 Å². The minimum absolute atomic E-state index is 0.123. The molecule has 0 aliphatic heterocycles. The molecule has 1 unspecified atom stereocenters. The summed E-state index contributed by atoms with van der Waals surface area (Å²) in [5.41, 5.74) is 0.179. The van der Waals surface area contributed by atoms with Crippen LogP contribution in [0.3, 0.4) is 0 Å². The predicted molar refractivity (Wildman–Crippen MR) is 78.7 cm³/mol. The molecule has 2 aromatic heterocycles. The molecule has 0 radical (unpaired) electrons. The first-order valence-corrected chi connectivity index (χ1v) is 7.22. The van der Waals surface area contributed by atoms with Crippen LogP contribution in [0.1, 0.15) is 44.0 Å². The largest absolute Gasteiger partial charge is 0.393 e. The van der Waals surface area contributed by atoms with Crippen LogP contribution in [0.15, 0.2) is 18.5 Å². The molecule has 0 saturated carbocycles. The molecule has 0 aliphatic carbocycles. The summed E-state index contributed by atoms with van der Waals surface area (Å²) in [5.74, 6) is 0. The molecule has 5 nitrogen and oxygen atoms in total. The van der Waals surface area contributed by atoms with Gasteiger partial charge in [-0.1, -0.05) is 13.8 Å². The number of aryl methyl sites for hydroxylation is 1. The molecule has 0 fully saturated rings. The third-order valence-corrected chi connectivity index (χ3v) is 3.93. The predicted octanol–water partition coefficient (Wildman–Crippen LogP) is 3.19. The summed E-state index contributed by atoms with van der Waals surface area (Å²) >= 11 is 0. The Labute approximate surface area is 131 Å².